The molecule has 0 aromatic rings. The summed E-state index contributed by atoms with van der Waals surface area (Å²) in [5, 5.41) is 2.76. The van der Waals surface area contributed by atoms with Crippen LogP contribution in [0.25, 0.3) is 0 Å². The summed E-state index contributed by atoms with van der Waals surface area (Å²) in [6.45, 7) is 6.47. The van der Waals surface area contributed by atoms with Gasteiger partial charge in [0.15, 0.2) is 0 Å². The molecule has 1 rings (SSSR count). The molecule has 0 bridgehead atoms. The van der Waals surface area contributed by atoms with Crippen molar-refractivity contribution in [1.29, 1.82) is 0 Å². The Bertz CT molecular complexity index is 311. The van der Waals surface area contributed by atoms with Gasteiger partial charge in [0.1, 0.15) is 6.04 Å². The van der Waals surface area contributed by atoms with Crippen LogP contribution < -0.4 is 5.32 Å². The van der Waals surface area contributed by atoms with Crippen LogP contribution in [0.2, 0.25) is 0 Å². The van der Waals surface area contributed by atoms with E-state index in [9.17, 15) is 9.59 Å². The summed E-state index contributed by atoms with van der Waals surface area (Å²) in [4.78, 5) is 23.4. The molecule has 0 aliphatic heterocycles. The highest BCUT2D eigenvalue weighted by molar-refractivity contribution is 5.84. The molecule has 0 aromatic carbocycles. The van der Waals surface area contributed by atoms with Gasteiger partial charge in [-0.2, -0.15) is 0 Å². The van der Waals surface area contributed by atoms with Crippen molar-refractivity contribution in [2.75, 3.05) is 13.7 Å². The van der Waals surface area contributed by atoms with Gasteiger partial charge in [-0.05, 0) is 31.6 Å². The highest BCUT2D eigenvalue weighted by atomic mass is 16.5. The second kappa shape index (κ2) is 7.48. The standard InChI is InChI=1S/C14H25NO4/c1-5-19-11-6-10(7-11)8-12(16)15-13(9(2)3)14(17)18-4/h9-11,13H,5-8H2,1-4H3,(H,15,16). The van der Waals surface area contributed by atoms with E-state index in [0.29, 0.717) is 18.4 Å². The Labute approximate surface area is 115 Å². The van der Waals surface area contributed by atoms with Crippen LogP contribution in [-0.4, -0.2) is 37.7 Å². The summed E-state index contributed by atoms with van der Waals surface area (Å²) < 4.78 is 10.2. The maximum absolute atomic E-state index is 11.9. The van der Waals surface area contributed by atoms with Crippen molar-refractivity contribution in [3.8, 4) is 0 Å². The number of hydrogen-bond acceptors (Lipinski definition) is 4. The highest BCUT2D eigenvalue weighted by Gasteiger charge is 2.32. The van der Waals surface area contributed by atoms with E-state index in [1.165, 1.54) is 7.11 Å². The smallest absolute Gasteiger partial charge is 0.328 e. The second-order valence-corrected chi connectivity index (χ2v) is 5.43. The maximum atomic E-state index is 11.9. The second-order valence-electron chi connectivity index (χ2n) is 5.43. The Morgan fingerprint density at radius 1 is 1.32 bits per heavy atom. The van der Waals surface area contributed by atoms with Crippen LogP contribution >= 0.6 is 0 Å². The lowest BCUT2D eigenvalue weighted by Gasteiger charge is -2.34. The van der Waals surface area contributed by atoms with Gasteiger partial charge in [0.2, 0.25) is 5.91 Å². The summed E-state index contributed by atoms with van der Waals surface area (Å²) in [5.74, 6) is -0.0656. The molecule has 1 fully saturated rings. The van der Waals surface area contributed by atoms with Gasteiger partial charge in [-0.15, -0.1) is 0 Å². The van der Waals surface area contributed by atoms with E-state index < -0.39 is 6.04 Å². The van der Waals surface area contributed by atoms with E-state index >= 15 is 0 Å². The normalized spacial score (nSPS) is 23.6. The Kier molecular flexibility index (Phi) is 6.28. The van der Waals surface area contributed by atoms with Crippen LogP contribution in [0.4, 0.5) is 0 Å². The van der Waals surface area contributed by atoms with Crippen LogP contribution in [0, 0.1) is 11.8 Å². The third kappa shape index (κ3) is 4.82. The molecule has 0 radical (unpaired) electrons. The number of methoxy groups -OCH3 is 1. The molecule has 0 heterocycles. The Hall–Kier alpha value is -1.10. The average molecular weight is 271 g/mol. The Morgan fingerprint density at radius 2 is 1.95 bits per heavy atom. The molecular formula is C14H25NO4. The summed E-state index contributed by atoms with van der Waals surface area (Å²) in [6, 6.07) is -0.555. The first-order valence-electron chi connectivity index (χ1n) is 6.96. The lowest BCUT2D eigenvalue weighted by molar-refractivity contribution is -0.146. The molecule has 1 saturated carbocycles. The molecular weight excluding hydrogens is 246 g/mol. The predicted octanol–water partition coefficient (Wildman–Crippen LogP) is 1.51. The zero-order valence-corrected chi connectivity index (χ0v) is 12.3. The Morgan fingerprint density at radius 3 is 2.42 bits per heavy atom. The van der Waals surface area contributed by atoms with Crippen LogP contribution in [0.5, 0.6) is 0 Å². The van der Waals surface area contributed by atoms with E-state index in [0.717, 1.165) is 19.4 Å². The molecule has 1 aliphatic carbocycles. The lowest BCUT2D eigenvalue weighted by atomic mass is 9.80. The number of hydrogen-bond donors (Lipinski definition) is 1. The number of amides is 1. The van der Waals surface area contributed by atoms with Crippen molar-refractivity contribution in [1.82, 2.24) is 5.32 Å². The highest BCUT2D eigenvalue weighted by Crippen LogP contribution is 2.32. The molecule has 1 N–H and O–H groups in total. The molecule has 1 atom stereocenters. The molecule has 5 heteroatoms. The zero-order valence-electron chi connectivity index (χ0n) is 12.3. The van der Waals surface area contributed by atoms with E-state index in [-0.39, 0.29) is 17.8 Å². The Balaban J connectivity index is 2.32. The summed E-state index contributed by atoms with van der Waals surface area (Å²) in [7, 11) is 1.34. The van der Waals surface area contributed by atoms with Crippen LogP contribution in [0.3, 0.4) is 0 Å². The third-order valence-electron chi connectivity index (χ3n) is 3.51. The number of rotatable bonds is 7. The summed E-state index contributed by atoms with van der Waals surface area (Å²) in [5.41, 5.74) is 0. The third-order valence-corrected chi connectivity index (χ3v) is 3.51. The maximum Gasteiger partial charge on any atom is 0.328 e. The zero-order chi connectivity index (χ0) is 14.4. The topological polar surface area (TPSA) is 64.6 Å². The van der Waals surface area contributed by atoms with Crippen molar-refractivity contribution < 1.29 is 19.1 Å². The number of carbonyl (C=O) groups is 2. The minimum Gasteiger partial charge on any atom is -0.467 e. The molecule has 110 valence electrons. The number of nitrogens with one attached hydrogen (secondary N) is 1. The van der Waals surface area contributed by atoms with Crippen LogP contribution in [0.1, 0.15) is 40.0 Å². The molecule has 19 heavy (non-hydrogen) atoms. The quantitative estimate of drug-likeness (QED) is 0.713. The first-order chi connectivity index (χ1) is 8.97. The number of ether oxygens (including phenoxy) is 2. The largest absolute Gasteiger partial charge is 0.467 e. The summed E-state index contributed by atoms with van der Waals surface area (Å²) in [6.07, 6.45) is 2.64. The minimum atomic E-state index is -0.555. The van der Waals surface area contributed by atoms with Gasteiger partial charge in [-0.1, -0.05) is 13.8 Å². The SMILES string of the molecule is CCOC1CC(CC(=O)NC(C(=O)OC)C(C)C)C1. The molecule has 1 amide bonds. The van der Waals surface area contributed by atoms with Crippen molar-refractivity contribution >= 4 is 11.9 Å². The van der Waals surface area contributed by atoms with E-state index in [2.05, 4.69) is 5.32 Å². The van der Waals surface area contributed by atoms with Gasteiger partial charge < -0.3 is 14.8 Å². The first kappa shape index (κ1) is 16.0. The fourth-order valence-electron chi connectivity index (χ4n) is 2.33. The van der Waals surface area contributed by atoms with Crippen LogP contribution in [-0.2, 0) is 19.1 Å². The van der Waals surface area contributed by atoms with Crippen molar-refractivity contribution in [3.63, 3.8) is 0 Å². The fraction of sp³-hybridized carbons (Fsp3) is 0.857. The monoisotopic (exact) mass is 271 g/mol. The van der Waals surface area contributed by atoms with Gasteiger partial charge in [0, 0.05) is 13.0 Å². The van der Waals surface area contributed by atoms with E-state index in [1.807, 2.05) is 20.8 Å². The van der Waals surface area contributed by atoms with E-state index in [4.69, 9.17) is 9.47 Å². The molecule has 0 spiro atoms. The number of carbonyl (C=O) groups excluding carboxylic acids is 2. The van der Waals surface area contributed by atoms with Gasteiger partial charge in [-0.3, -0.25) is 4.79 Å². The van der Waals surface area contributed by atoms with Crippen molar-refractivity contribution in [2.24, 2.45) is 11.8 Å². The average Bonchev–Trinajstić information content (AvgIpc) is 2.32. The number of esters is 1. The molecule has 0 saturated heterocycles. The molecule has 1 aliphatic rings. The van der Waals surface area contributed by atoms with Crippen molar-refractivity contribution in [3.05, 3.63) is 0 Å². The molecule has 5 nitrogen and oxygen atoms in total. The van der Waals surface area contributed by atoms with Gasteiger partial charge in [0.05, 0.1) is 13.2 Å². The lowest BCUT2D eigenvalue weighted by Crippen LogP contribution is -2.46. The van der Waals surface area contributed by atoms with Gasteiger partial charge >= 0.3 is 5.97 Å². The van der Waals surface area contributed by atoms with Gasteiger partial charge in [-0.25, -0.2) is 4.79 Å². The van der Waals surface area contributed by atoms with Crippen LogP contribution in [0.15, 0.2) is 0 Å². The molecule has 0 aromatic heterocycles. The van der Waals surface area contributed by atoms with Crippen molar-refractivity contribution in [2.45, 2.75) is 52.2 Å². The van der Waals surface area contributed by atoms with Gasteiger partial charge in [0.25, 0.3) is 0 Å². The predicted molar refractivity (Wildman–Crippen MR) is 71.5 cm³/mol. The molecule has 1 unspecified atom stereocenters. The fourth-order valence-corrected chi connectivity index (χ4v) is 2.33. The minimum absolute atomic E-state index is 0.0222. The first-order valence-corrected chi connectivity index (χ1v) is 6.96. The van der Waals surface area contributed by atoms with E-state index in [1.54, 1.807) is 0 Å². The summed E-state index contributed by atoms with van der Waals surface area (Å²) >= 11 is 0.